The molecule has 0 amide bonds. The van der Waals surface area contributed by atoms with E-state index in [9.17, 15) is 8.42 Å². The van der Waals surface area contributed by atoms with Crippen LogP contribution in [0.25, 0.3) is 0 Å². The molecule has 11 heteroatoms. The van der Waals surface area contributed by atoms with E-state index in [1.807, 2.05) is 42.5 Å². The summed E-state index contributed by atoms with van der Waals surface area (Å²) in [4.78, 5) is 0. The van der Waals surface area contributed by atoms with Crippen LogP contribution in [-0.4, -0.2) is 72.3 Å². The number of rotatable bonds is 12. The highest BCUT2D eigenvalue weighted by atomic mass is 32.2. The summed E-state index contributed by atoms with van der Waals surface area (Å²) in [5, 5.41) is 0. The van der Waals surface area contributed by atoms with E-state index in [1.54, 1.807) is 7.11 Å². The van der Waals surface area contributed by atoms with Crippen molar-refractivity contribution in [2.24, 2.45) is 4.15 Å². The molecule has 0 spiro atoms. The van der Waals surface area contributed by atoms with E-state index in [0.29, 0.717) is 13.0 Å². The van der Waals surface area contributed by atoms with Gasteiger partial charge in [0.05, 0.1) is 30.6 Å². The monoisotopic (exact) mass is 427 g/mol. The maximum absolute atomic E-state index is 12.3. The van der Waals surface area contributed by atoms with E-state index in [4.69, 9.17) is 23.3 Å². The number of nitrogens with zero attached hydrogens (tertiary/aromatic N) is 1. The van der Waals surface area contributed by atoms with E-state index < -0.39 is 24.3 Å². The Morgan fingerprint density at radius 3 is 2.37 bits per heavy atom. The summed E-state index contributed by atoms with van der Waals surface area (Å²) in [6.07, 6.45) is -0.0835. The fourth-order valence-electron chi connectivity index (χ4n) is 2.67. The number of hydrogen-bond donors (Lipinski definition) is 0. The average molecular weight is 427 g/mol. The van der Waals surface area contributed by atoms with Crippen LogP contribution >= 0.6 is 8.17 Å². The van der Waals surface area contributed by atoms with E-state index >= 15 is 0 Å². The van der Waals surface area contributed by atoms with Gasteiger partial charge in [0.25, 0.3) is 10.0 Å². The van der Waals surface area contributed by atoms with Gasteiger partial charge < -0.3 is 23.3 Å². The van der Waals surface area contributed by atoms with Crippen molar-refractivity contribution in [1.82, 2.24) is 0 Å². The molecule has 0 bridgehead atoms. The lowest BCUT2D eigenvalue weighted by Gasteiger charge is -2.25. The van der Waals surface area contributed by atoms with Crippen LogP contribution in [0.4, 0.5) is 0 Å². The van der Waals surface area contributed by atoms with Crippen LogP contribution in [0.2, 0.25) is 0 Å². The molecule has 160 valence electrons. The largest absolute Gasteiger partial charge is 0.377 e. The van der Waals surface area contributed by atoms with E-state index in [-0.39, 0.29) is 36.2 Å². The molecule has 1 fully saturated rings. The molecule has 1 aliphatic heterocycles. The Hall–Kier alpha value is 0.0449. The quantitative estimate of drug-likeness (QED) is 0.347. The van der Waals surface area contributed by atoms with Gasteiger partial charge in [-0.2, -0.15) is 0 Å². The molecule has 0 saturated carbocycles. The Labute approximate surface area is 165 Å². The van der Waals surface area contributed by atoms with Crippen LogP contribution in [0.15, 0.2) is 4.15 Å². The van der Waals surface area contributed by atoms with Crippen molar-refractivity contribution in [3.05, 3.63) is 0 Å². The zero-order valence-electron chi connectivity index (χ0n) is 17.5. The second-order valence-corrected chi connectivity index (χ2v) is 10.5. The van der Waals surface area contributed by atoms with Gasteiger partial charge >= 0.3 is 0 Å². The zero-order valence-corrected chi connectivity index (χ0v) is 19.3. The Morgan fingerprint density at radius 1 is 1.19 bits per heavy atom. The molecule has 1 heterocycles. The summed E-state index contributed by atoms with van der Waals surface area (Å²) in [5.74, 6) is -0.00630. The predicted molar refractivity (Wildman–Crippen MR) is 110 cm³/mol. The minimum absolute atomic E-state index is 0.00630. The molecule has 3 unspecified atom stereocenters. The van der Waals surface area contributed by atoms with Crippen LogP contribution in [0.1, 0.15) is 47.5 Å². The smallest absolute Gasteiger partial charge is 0.255 e. The van der Waals surface area contributed by atoms with Gasteiger partial charge in [-0.05, 0) is 34.1 Å². The molecule has 5 atom stereocenters. The first kappa shape index (κ1) is 25.1. The molecule has 0 aromatic rings. The maximum Gasteiger partial charge on any atom is 0.255 e. The summed E-state index contributed by atoms with van der Waals surface area (Å²) in [6.45, 7) is 9.78. The fourth-order valence-corrected chi connectivity index (χ4v) is 5.92. The predicted octanol–water partition coefficient (Wildman–Crippen LogP) is 1.95. The second kappa shape index (κ2) is 11.9. The first-order valence-corrected chi connectivity index (χ1v) is 12.4. The summed E-state index contributed by atoms with van der Waals surface area (Å²) in [6, 6.07) is -0.209. The number of hydrogen-bond acceptors (Lipinski definition) is 7. The summed E-state index contributed by atoms with van der Waals surface area (Å²) < 4.78 is 57.4. The van der Waals surface area contributed by atoms with Crippen LogP contribution in [0.5, 0.6) is 0 Å². The lowest BCUT2D eigenvalue weighted by Crippen LogP contribution is -2.37. The molecule has 0 N–H and O–H groups in total. The molecule has 1 rings (SSSR count). The Morgan fingerprint density at radius 2 is 1.85 bits per heavy atom. The van der Waals surface area contributed by atoms with Crippen molar-refractivity contribution in [3.63, 3.8) is 0 Å². The van der Waals surface area contributed by atoms with E-state index in [0.717, 1.165) is 6.42 Å². The van der Waals surface area contributed by atoms with Crippen molar-refractivity contribution in [2.75, 3.05) is 19.5 Å². The molecule has 0 aliphatic carbocycles. The molecule has 0 radical (unpaired) electrons. The molecule has 0 aromatic heterocycles. The molecular weight excluding hydrogens is 392 g/mol. The maximum atomic E-state index is 12.3. The average Bonchev–Trinajstić information content (AvgIpc) is 2.84. The van der Waals surface area contributed by atoms with Crippen LogP contribution in [0, 0.1) is 0 Å². The Kier molecular flexibility index (Phi) is 11.1. The molecule has 8 nitrogen and oxygen atoms in total. The molecular formula is C16H35BNO7PS. The third kappa shape index (κ3) is 8.94. The number of unbranched alkanes of at least 4 members (excludes halogenated alkanes) is 1. The van der Waals surface area contributed by atoms with Gasteiger partial charge in [-0.1, -0.05) is 13.3 Å². The van der Waals surface area contributed by atoms with Gasteiger partial charge in [0, 0.05) is 7.11 Å². The number of ether oxygens (including phenoxy) is 3. The highest BCUT2D eigenvalue weighted by Crippen LogP contribution is 2.39. The third-order valence-corrected chi connectivity index (χ3v) is 7.61. The Balaban J connectivity index is 3.03. The molecule has 27 heavy (non-hydrogen) atoms. The summed E-state index contributed by atoms with van der Waals surface area (Å²) >= 11 is 0. The Bertz CT molecular complexity index is 573. The normalized spacial score (nSPS) is 27.7. The summed E-state index contributed by atoms with van der Waals surface area (Å²) in [7, 11) is -2.56. The number of sulfonamides is 1. The first-order chi connectivity index (χ1) is 12.6. The third-order valence-electron chi connectivity index (χ3n) is 3.95. The lowest BCUT2D eigenvalue weighted by atomic mass is 9.93. The van der Waals surface area contributed by atoms with Gasteiger partial charge in [0.15, 0.2) is 0 Å². The van der Waals surface area contributed by atoms with Gasteiger partial charge in [-0.3, -0.25) is 0 Å². The zero-order chi connectivity index (χ0) is 20.6. The van der Waals surface area contributed by atoms with Gasteiger partial charge in [-0.15, -0.1) is 4.15 Å². The van der Waals surface area contributed by atoms with Crippen molar-refractivity contribution in [1.29, 1.82) is 0 Å². The van der Waals surface area contributed by atoms with E-state index in [2.05, 4.69) is 4.15 Å². The standard InChI is InChI=1S/C16H35BNO7PS/c1-7-8-9-27(19,20)18-26(24-12(4)5)25-14-13(10-22-11(2)3)23-16(17)15(14)21-6/h11-16,26H,7-10,17H2,1-6H3/t13-,14?,15?,16-/m1/s1. The molecule has 0 aromatic carbocycles. The van der Waals surface area contributed by atoms with Crippen molar-refractivity contribution < 1.29 is 31.7 Å². The van der Waals surface area contributed by atoms with Crippen molar-refractivity contribution in [2.45, 2.75) is 84.0 Å². The minimum atomic E-state index is -3.60. The van der Waals surface area contributed by atoms with Crippen LogP contribution in [-0.2, 0) is 33.3 Å². The SMILES string of the molecule is B[C@@H]1O[C@H](COC(C)C)C(O/[PH](=N\S(=O)(=O)CCCC)OC(C)C)C1OC. The molecule has 1 aliphatic rings. The minimum Gasteiger partial charge on any atom is -0.377 e. The lowest BCUT2D eigenvalue weighted by molar-refractivity contribution is -0.0435. The van der Waals surface area contributed by atoms with Gasteiger partial charge in [0.2, 0.25) is 8.17 Å². The molecule has 1 saturated heterocycles. The van der Waals surface area contributed by atoms with Crippen LogP contribution in [0.3, 0.4) is 0 Å². The first-order valence-electron chi connectivity index (χ1n) is 9.55. The number of methoxy groups -OCH3 is 1. The van der Waals surface area contributed by atoms with Crippen molar-refractivity contribution in [3.8, 4) is 0 Å². The second-order valence-electron chi connectivity index (χ2n) is 7.21. The highest BCUT2D eigenvalue weighted by molar-refractivity contribution is 7.92. The topological polar surface area (TPSA) is 92.7 Å². The van der Waals surface area contributed by atoms with E-state index in [1.165, 1.54) is 0 Å². The van der Waals surface area contributed by atoms with Gasteiger partial charge in [-0.25, -0.2) is 8.42 Å². The highest BCUT2D eigenvalue weighted by Gasteiger charge is 2.44. The fraction of sp³-hybridized carbons (Fsp3) is 1.00. The summed E-state index contributed by atoms with van der Waals surface area (Å²) in [5.41, 5.74) is 0. The van der Waals surface area contributed by atoms with Gasteiger partial charge in [0.1, 0.15) is 26.2 Å². The van der Waals surface area contributed by atoms with Crippen molar-refractivity contribution >= 4 is 26.0 Å². The van der Waals surface area contributed by atoms with Crippen LogP contribution < -0.4 is 0 Å².